The zero-order valence-electron chi connectivity index (χ0n) is 8.48. The molecule has 3 unspecified atom stereocenters. The Morgan fingerprint density at radius 3 is 3.06 bits per heavy atom. The number of hydrogen-bond acceptors (Lipinski definition) is 4. The van der Waals surface area contributed by atoms with Gasteiger partial charge in [0.05, 0.1) is 29.7 Å². The third-order valence-corrected chi connectivity index (χ3v) is 3.84. The minimum Gasteiger partial charge on any atom is -0.368 e. The first-order chi connectivity index (χ1) is 7.62. The van der Waals surface area contributed by atoms with E-state index in [9.17, 15) is 4.79 Å². The molecule has 3 atom stereocenters. The number of amides is 1. The third-order valence-electron chi connectivity index (χ3n) is 3.46. The smallest absolute Gasteiger partial charge is 0.234 e. The molecule has 2 aliphatic rings. The SMILES string of the molecule is NC(=O)C1CC2CC2(c2cncc(Br)n2)N1. The van der Waals surface area contributed by atoms with Crippen molar-refractivity contribution in [2.75, 3.05) is 0 Å². The molecule has 1 saturated carbocycles. The molecule has 16 heavy (non-hydrogen) atoms. The number of hydrogen-bond donors (Lipinski definition) is 2. The van der Waals surface area contributed by atoms with Crippen LogP contribution >= 0.6 is 15.9 Å². The summed E-state index contributed by atoms with van der Waals surface area (Å²) in [5, 5.41) is 3.29. The molecule has 5 nitrogen and oxygen atoms in total. The first-order valence-electron chi connectivity index (χ1n) is 5.17. The fourth-order valence-electron chi connectivity index (χ4n) is 2.58. The second-order valence-electron chi connectivity index (χ2n) is 4.43. The minimum absolute atomic E-state index is 0.156. The molecular formula is C10H11BrN4O. The lowest BCUT2D eigenvalue weighted by Crippen LogP contribution is -2.42. The van der Waals surface area contributed by atoms with E-state index in [0.717, 1.165) is 18.5 Å². The van der Waals surface area contributed by atoms with Gasteiger partial charge in [-0.1, -0.05) is 0 Å². The van der Waals surface area contributed by atoms with Crippen molar-refractivity contribution in [1.82, 2.24) is 15.3 Å². The fraction of sp³-hybridized carbons (Fsp3) is 0.500. The van der Waals surface area contributed by atoms with Crippen molar-refractivity contribution >= 4 is 21.8 Å². The third kappa shape index (κ3) is 1.36. The average molecular weight is 283 g/mol. The molecule has 2 fully saturated rings. The molecule has 1 aromatic rings. The molecule has 1 saturated heterocycles. The Kier molecular flexibility index (Phi) is 2.06. The number of piperidine rings is 1. The topological polar surface area (TPSA) is 80.9 Å². The van der Waals surface area contributed by atoms with Gasteiger partial charge in [-0.2, -0.15) is 0 Å². The van der Waals surface area contributed by atoms with Gasteiger partial charge in [-0.3, -0.25) is 15.1 Å². The van der Waals surface area contributed by atoms with E-state index < -0.39 is 0 Å². The highest BCUT2D eigenvalue weighted by Gasteiger charge is 2.63. The summed E-state index contributed by atoms with van der Waals surface area (Å²) < 4.78 is 0.717. The van der Waals surface area contributed by atoms with Gasteiger partial charge in [0.2, 0.25) is 5.91 Å². The van der Waals surface area contributed by atoms with Crippen molar-refractivity contribution in [1.29, 1.82) is 0 Å². The molecule has 1 aromatic heterocycles. The molecule has 3 rings (SSSR count). The number of carbonyl (C=O) groups is 1. The van der Waals surface area contributed by atoms with Crippen LogP contribution in [0.2, 0.25) is 0 Å². The molecule has 0 radical (unpaired) electrons. The van der Waals surface area contributed by atoms with Gasteiger partial charge in [0.25, 0.3) is 0 Å². The number of primary amides is 1. The van der Waals surface area contributed by atoms with Crippen LogP contribution in [0.5, 0.6) is 0 Å². The van der Waals surface area contributed by atoms with Crippen LogP contribution in [0.3, 0.4) is 0 Å². The molecule has 0 bridgehead atoms. The number of nitrogens with one attached hydrogen (secondary N) is 1. The maximum Gasteiger partial charge on any atom is 0.234 e. The highest BCUT2D eigenvalue weighted by Crippen LogP contribution is 2.58. The lowest BCUT2D eigenvalue weighted by atomic mass is 10.1. The molecular weight excluding hydrogens is 272 g/mol. The van der Waals surface area contributed by atoms with Crippen molar-refractivity contribution in [2.45, 2.75) is 24.4 Å². The van der Waals surface area contributed by atoms with Gasteiger partial charge in [0.1, 0.15) is 4.60 Å². The number of nitrogens with two attached hydrogens (primary N) is 1. The second-order valence-corrected chi connectivity index (χ2v) is 5.25. The average Bonchev–Trinajstić information content (AvgIpc) is 2.82. The first-order valence-corrected chi connectivity index (χ1v) is 5.96. The summed E-state index contributed by atoms with van der Waals surface area (Å²) in [5.41, 5.74) is 6.04. The Bertz CT molecular complexity index is 466. The van der Waals surface area contributed by atoms with Gasteiger partial charge >= 0.3 is 0 Å². The van der Waals surface area contributed by atoms with Gasteiger partial charge in [-0.15, -0.1) is 0 Å². The Labute approximate surface area is 101 Å². The molecule has 1 amide bonds. The van der Waals surface area contributed by atoms with E-state index in [-0.39, 0.29) is 17.5 Å². The Morgan fingerprint density at radius 2 is 2.44 bits per heavy atom. The van der Waals surface area contributed by atoms with E-state index in [1.54, 1.807) is 12.4 Å². The lowest BCUT2D eigenvalue weighted by molar-refractivity contribution is -0.120. The van der Waals surface area contributed by atoms with Crippen LogP contribution in [0.4, 0.5) is 0 Å². The number of aromatic nitrogens is 2. The summed E-state index contributed by atoms with van der Waals surface area (Å²) in [6.45, 7) is 0. The van der Waals surface area contributed by atoms with Gasteiger partial charge in [-0.05, 0) is 34.7 Å². The molecule has 2 heterocycles. The normalized spacial score (nSPS) is 35.8. The Morgan fingerprint density at radius 1 is 1.62 bits per heavy atom. The van der Waals surface area contributed by atoms with Crippen LogP contribution in [0.1, 0.15) is 18.5 Å². The summed E-state index contributed by atoms with van der Waals surface area (Å²) in [6, 6.07) is -0.223. The van der Waals surface area contributed by atoms with Crippen molar-refractivity contribution in [2.24, 2.45) is 11.7 Å². The van der Waals surface area contributed by atoms with Crippen LogP contribution in [0, 0.1) is 5.92 Å². The number of halogens is 1. The fourth-order valence-corrected chi connectivity index (χ4v) is 2.89. The Hall–Kier alpha value is -1.01. The molecule has 3 N–H and O–H groups in total. The van der Waals surface area contributed by atoms with Gasteiger partial charge in [0.15, 0.2) is 0 Å². The van der Waals surface area contributed by atoms with E-state index in [1.807, 2.05) is 0 Å². The monoisotopic (exact) mass is 282 g/mol. The van der Waals surface area contributed by atoms with Gasteiger partial charge in [-0.25, -0.2) is 4.98 Å². The van der Waals surface area contributed by atoms with Crippen LogP contribution in [0.15, 0.2) is 17.0 Å². The molecule has 1 aliphatic carbocycles. The largest absolute Gasteiger partial charge is 0.368 e. The van der Waals surface area contributed by atoms with Crippen LogP contribution in [0.25, 0.3) is 0 Å². The van der Waals surface area contributed by atoms with Crippen LogP contribution in [-0.2, 0) is 10.3 Å². The number of rotatable bonds is 2. The van der Waals surface area contributed by atoms with Crippen molar-refractivity contribution in [3.63, 3.8) is 0 Å². The predicted molar refractivity (Wildman–Crippen MR) is 60.3 cm³/mol. The van der Waals surface area contributed by atoms with E-state index in [2.05, 4.69) is 31.2 Å². The Balaban J connectivity index is 1.90. The van der Waals surface area contributed by atoms with Gasteiger partial charge in [0, 0.05) is 0 Å². The molecule has 0 spiro atoms. The maximum atomic E-state index is 11.1. The first kappa shape index (κ1) is 10.2. The maximum absolute atomic E-state index is 11.1. The van der Waals surface area contributed by atoms with Crippen molar-refractivity contribution < 1.29 is 4.79 Å². The van der Waals surface area contributed by atoms with E-state index in [1.165, 1.54) is 0 Å². The lowest BCUT2D eigenvalue weighted by Gasteiger charge is -2.16. The van der Waals surface area contributed by atoms with Crippen molar-refractivity contribution in [3.8, 4) is 0 Å². The van der Waals surface area contributed by atoms with Crippen LogP contribution < -0.4 is 11.1 Å². The summed E-state index contributed by atoms with van der Waals surface area (Å²) in [6.07, 6.45) is 5.23. The predicted octanol–water partition coefficient (Wildman–Crippen LogP) is 0.301. The summed E-state index contributed by atoms with van der Waals surface area (Å²) >= 11 is 3.30. The van der Waals surface area contributed by atoms with E-state index in [4.69, 9.17) is 5.73 Å². The number of carbonyl (C=O) groups excluding carboxylic acids is 1. The van der Waals surface area contributed by atoms with E-state index in [0.29, 0.717) is 10.5 Å². The molecule has 1 aliphatic heterocycles. The number of fused-ring (bicyclic) bond motifs is 1. The standard InChI is InChI=1S/C10H11BrN4O/c11-8-4-13-3-7(14-8)10-2-5(10)1-6(15-10)9(12)16/h3-6,15H,1-2H2,(H2,12,16). The highest BCUT2D eigenvalue weighted by molar-refractivity contribution is 9.10. The highest BCUT2D eigenvalue weighted by atomic mass is 79.9. The zero-order valence-corrected chi connectivity index (χ0v) is 10.1. The van der Waals surface area contributed by atoms with E-state index >= 15 is 0 Å². The zero-order chi connectivity index (χ0) is 11.3. The van der Waals surface area contributed by atoms with Gasteiger partial charge < -0.3 is 5.73 Å². The van der Waals surface area contributed by atoms with Crippen LogP contribution in [-0.4, -0.2) is 21.9 Å². The van der Waals surface area contributed by atoms with Crippen molar-refractivity contribution in [3.05, 3.63) is 22.7 Å². The minimum atomic E-state index is -0.283. The summed E-state index contributed by atoms with van der Waals surface area (Å²) in [5.74, 6) is 0.183. The molecule has 84 valence electrons. The number of nitrogens with zero attached hydrogens (tertiary/aromatic N) is 2. The summed E-state index contributed by atoms with van der Waals surface area (Å²) in [7, 11) is 0. The molecule has 0 aromatic carbocycles. The summed E-state index contributed by atoms with van der Waals surface area (Å²) in [4.78, 5) is 19.6. The molecule has 6 heteroatoms. The quantitative estimate of drug-likeness (QED) is 0.818. The second kappa shape index (κ2) is 3.24.